The second-order valence-electron chi connectivity index (χ2n) is 2.95. The Hall–Kier alpha value is -0.120. The molecule has 2 unspecified atom stereocenters. The highest BCUT2D eigenvalue weighted by molar-refractivity contribution is 4.54. The normalized spacial score (nSPS) is 27.3. The fraction of sp³-hybridized carbons (Fsp3) is 1.00. The maximum absolute atomic E-state index is 8.91. The zero-order valence-corrected chi connectivity index (χ0v) is 6.95. The Balaban J connectivity index is 1.94. The molecule has 0 bridgehead atoms. The van der Waals surface area contributed by atoms with Gasteiger partial charge in [0.05, 0.1) is 12.7 Å². The van der Waals surface area contributed by atoms with Gasteiger partial charge in [-0.2, -0.15) is 0 Å². The molecule has 0 aromatic heterocycles. The van der Waals surface area contributed by atoms with Gasteiger partial charge >= 0.3 is 0 Å². The summed E-state index contributed by atoms with van der Waals surface area (Å²) in [6, 6.07) is 0. The van der Waals surface area contributed by atoms with Gasteiger partial charge in [-0.1, -0.05) is 0 Å². The summed E-state index contributed by atoms with van der Waals surface area (Å²) >= 11 is 0. The average Bonchev–Trinajstić information content (AvgIpc) is 2.39. The first-order valence-corrected chi connectivity index (χ1v) is 4.20. The van der Waals surface area contributed by atoms with Gasteiger partial charge < -0.3 is 14.6 Å². The summed E-state index contributed by atoms with van der Waals surface area (Å²) in [6.07, 6.45) is 2.52. The van der Waals surface area contributed by atoms with Gasteiger partial charge in [0.2, 0.25) is 0 Å². The summed E-state index contributed by atoms with van der Waals surface area (Å²) in [5.41, 5.74) is 0. The molecule has 0 radical (unpaired) electrons. The lowest BCUT2D eigenvalue weighted by Crippen LogP contribution is -2.14. The number of aliphatic hydroxyl groups is 1. The van der Waals surface area contributed by atoms with Crippen LogP contribution >= 0.6 is 0 Å². The van der Waals surface area contributed by atoms with Crippen molar-refractivity contribution in [3.8, 4) is 0 Å². The first-order chi connectivity index (χ1) is 5.29. The Kier molecular flexibility index (Phi) is 3.83. The minimum absolute atomic E-state index is 0.00579. The molecule has 0 saturated carbocycles. The van der Waals surface area contributed by atoms with Crippen LogP contribution < -0.4 is 0 Å². The van der Waals surface area contributed by atoms with Crippen molar-refractivity contribution in [2.45, 2.75) is 38.6 Å². The fourth-order valence-corrected chi connectivity index (χ4v) is 1.05. The lowest BCUT2D eigenvalue weighted by molar-refractivity contribution is -0.115. The van der Waals surface area contributed by atoms with Gasteiger partial charge in [0.15, 0.2) is 6.29 Å². The maximum Gasteiger partial charge on any atom is 0.157 e. The Morgan fingerprint density at radius 2 is 2.55 bits per heavy atom. The van der Waals surface area contributed by atoms with Gasteiger partial charge in [-0.15, -0.1) is 0 Å². The lowest BCUT2D eigenvalue weighted by atomic mass is 10.3. The van der Waals surface area contributed by atoms with E-state index in [1.165, 1.54) is 0 Å². The Bertz CT molecular complexity index is 97.5. The van der Waals surface area contributed by atoms with E-state index in [0.29, 0.717) is 13.0 Å². The maximum atomic E-state index is 8.91. The van der Waals surface area contributed by atoms with Crippen LogP contribution in [-0.2, 0) is 9.47 Å². The lowest BCUT2D eigenvalue weighted by Gasteiger charge is -2.11. The first-order valence-electron chi connectivity index (χ1n) is 4.20. The van der Waals surface area contributed by atoms with Gasteiger partial charge in [0.25, 0.3) is 0 Å². The molecule has 11 heavy (non-hydrogen) atoms. The fourth-order valence-electron chi connectivity index (χ4n) is 1.05. The van der Waals surface area contributed by atoms with Crippen molar-refractivity contribution in [2.75, 3.05) is 13.2 Å². The Morgan fingerprint density at radius 3 is 3.09 bits per heavy atom. The highest BCUT2D eigenvalue weighted by atomic mass is 16.7. The van der Waals surface area contributed by atoms with Crippen LogP contribution in [-0.4, -0.2) is 30.7 Å². The molecule has 3 nitrogen and oxygen atoms in total. The van der Waals surface area contributed by atoms with Crippen molar-refractivity contribution in [1.82, 2.24) is 0 Å². The van der Waals surface area contributed by atoms with E-state index in [2.05, 4.69) is 0 Å². The van der Waals surface area contributed by atoms with E-state index < -0.39 is 0 Å². The monoisotopic (exact) mass is 160 g/mol. The SMILES string of the molecule is CC(O)CCOC1CCCO1. The second-order valence-corrected chi connectivity index (χ2v) is 2.95. The molecule has 1 saturated heterocycles. The Labute approximate surface area is 67.3 Å². The van der Waals surface area contributed by atoms with Gasteiger partial charge in [0, 0.05) is 13.0 Å². The van der Waals surface area contributed by atoms with Crippen molar-refractivity contribution in [3.63, 3.8) is 0 Å². The highest BCUT2D eigenvalue weighted by Gasteiger charge is 2.15. The minimum Gasteiger partial charge on any atom is -0.393 e. The summed E-state index contributed by atoms with van der Waals surface area (Å²) in [5, 5.41) is 8.91. The number of hydrogen-bond donors (Lipinski definition) is 1. The van der Waals surface area contributed by atoms with Crippen LogP contribution in [0.25, 0.3) is 0 Å². The molecule has 1 aliphatic rings. The topological polar surface area (TPSA) is 38.7 Å². The van der Waals surface area contributed by atoms with Crippen LogP contribution in [0.5, 0.6) is 0 Å². The van der Waals surface area contributed by atoms with E-state index in [9.17, 15) is 0 Å². The van der Waals surface area contributed by atoms with Crippen LogP contribution in [0.4, 0.5) is 0 Å². The van der Waals surface area contributed by atoms with E-state index >= 15 is 0 Å². The molecule has 2 atom stereocenters. The van der Waals surface area contributed by atoms with Crippen molar-refractivity contribution in [2.24, 2.45) is 0 Å². The van der Waals surface area contributed by atoms with Crippen LogP contribution in [0.15, 0.2) is 0 Å². The summed E-state index contributed by atoms with van der Waals surface area (Å²) in [6.45, 7) is 3.18. The quantitative estimate of drug-likeness (QED) is 0.664. The molecule has 0 aromatic carbocycles. The minimum atomic E-state index is -0.267. The van der Waals surface area contributed by atoms with E-state index in [0.717, 1.165) is 19.4 Å². The first kappa shape index (κ1) is 8.97. The van der Waals surface area contributed by atoms with Gasteiger partial charge in [-0.25, -0.2) is 0 Å². The molecule has 1 heterocycles. The van der Waals surface area contributed by atoms with Crippen LogP contribution in [0, 0.1) is 0 Å². The average molecular weight is 160 g/mol. The third-order valence-electron chi connectivity index (χ3n) is 1.73. The van der Waals surface area contributed by atoms with Gasteiger partial charge in [0.1, 0.15) is 0 Å². The molecule has 0 aliphatic carbocycles. The number of hydrogen-bond acceptors (Lipinski definition) is 3. The molecule has 0 amide bonds. The molecular formula is C8H16O3. The molecule has 0 aromatic rings. The number of aliphatic hydroxyl groups excluding tert-OH is 1. The molecular weight excluding hydrogens is 144 g/mol. The molecule has 1 rings (SSSR count). The van der Waals surface area contributed by atoms with Crippen molar-refractivity contribution in [3.05, 3.63) is 0 Å². The van der Waals surface area contributed by atoms with Crippen LogP contribution in [0.3, 0.4) is 0 Å². The summed E-state index contributed by atoms with van der Waals surface area (Å²) < 4.78 is 10.6. The largest absolute Gasteiger partial charge is 0.393 e. The van der Waals surface area contributed by atoms with E-state index in [1.807, 2.05) is 0 Å². The molecule has 1 N–H and O–H groups in total. The van der Waals surface area contributed by atoms with E-state index in [1.54, 1.807) is 6.92 Å². The predicted octanol–water partition coefficient (Wildman–Crippen LogP) is 0.910. The molecule has 66 valence electrons. The number of rotatable bonds is 4. The predicted molar refractivity (Wildman–Crippen MR) is 41.2 cm³/mol. The second kappa shape index (κ2) is 4.70. The van der Waals surface area contributed by atoms with Crippen molar-refractivity contribution < 1.29 is 14.6 Å². The van der Waals surface area contributed by atoms with Crippen molar-refractivity contribution >= 4 is 0 Å². The zero-order chi connectivity index (χ0) is 8.10. The highest BCUT2D eigenvalue weighted by Crippen LogP contribution is 2.13. The third kappa shape index (κ3) is 3.70. The molecule has 3 heteroatoms. The standard InChI is InChI=1S/C8H16O3/c1-7(9)4-6-11-8-3-2-5-10-8/h7-9H,2-6H2,1H3. The summed E-state index contributed by atoms with van der Waals surface area (Å²) in [7, 11) is 0. The summed E-state index contributed by atoms with van der Waals surface area (Å²) in [4.78, 5) is 0. The summed E-state index contributed by atoms with van der Waals surface area (Å²) in [5.74, 6) is 0. The van der Waals surface area contributed by atoms with Crippen LogP contribution in [0.2, 0.25) is 0 Å². The van der Waals surface area contributed by atoms with Crippen molar-refractivity contribution in [1.29, 1.82) is 0 Å². The third-order valence-corrected chi connectivity index (χ3v) is 1.73. The smallest absolute Gasteiger partial charge is 0.157 e. The Morgan fingerprint density at radius 1 is 1.73 bits per heavy atom. The van der Waals surface area contributed by atoms with Crippen LogP contribution in [0.1, 0.15) is 26.2 Å². The van der Waals surface area contributed by atoms with Gasteiger partial charge in [-0.05, 0) is 19.8 Å². The zero-order valence-electron chi connectivity index (χ0n) is 6.95. The van der Waals surface area contributed by atoms with E-state index in [-0.39, 0.29) is 12.4 Å². The van der Waals surface area contributed by atoms with Gasteiger partial charge in [-0.3, -0.25) is 0 Å². The number of ether oxygens (including phenoxy) is 2. The molecule has 1 aliphatic heterocycles. The molecule has 0 spiro atoms. The van der Waals surface area contributed by atoms with E-state index in [4.69, 9.17) is 14.6 Å². The molecule has 1 fully saturated rings.